The zero-order valence-electron chi connectivity index (χ0n) is 8.47. The molecule has 2 aliphatic rings. The first-order valence-corrected chi connectivity index (χ1v) is 7.15. The van der Waals surface area contributed by atoms with E-state index in [1.165, 1.54) is 0 Å². The van der Waals surface area contributed by atoms with Gasteiger partial charge in [-0.2, -0.15) is 0 Å². The zero-order chi connectivity index (χ0) is 11.3. The number of hydrogen-bond acceptors (Lipinski definition) is 3. The third kappa shape index (κ3) is 1.56. The van der Waals surface area contributed by atoms with Crippen molar-refractivity contribution in [3.05, 3.63) is 29.3 Å². The number of fused-ring (bicyclic) bond motifs is 1. The van der Waals surface area contributed by atoms with Gasteiger partial charge in [-0.1, -0.05) is 23.7 Å². The zero-order valence-corrected chi connectivity index (χ0v) is 10.0. The van der Waals surface area contributed by atoms with Crippen LogP contribution in [0.5, 0.6) is 0 Å². The van der Waals surface area contributed by atoms with E-state index in [0.29, 0.717) is 17.9 Å². The van der Waals surface area contributed by atoms with Crippen molar-refractivity contribution in [3.8, 4) is 0 Å². The number of benzene rings is 1. The lowest BCUT2D eigenvalue weighted by Crippen LogP contribution is -2.21. The summed E-state index contributed by atoms with van der Waals surface area (Å²) in [4.78, 5) is 0.253. The molecule has 1 heterocycles. The Labute approximate surface area is 99.3 Å². The van der Waals surface area contributed by atoms with Crippen LogP contribution in [0.15, 0.2) is 29.2 Å². The molecule has 86 valence electrons. The van der Waals surface area contributed by atoms with Crippen molar-refractivity contribution < 1.29 is 13.2 Å². The van der Waals surface area contributed by atoms with E-state index in [1.807, 2.05) is 0 Å². The van der Waals surface area contributed by atoms with Gasteiger partial charge in [0.25, 0.3) is 0 Å². The molecule has 1 aromatic rings. The predicted octanol–water partition coefficient (Wildman–Crippen LogP) is 2.04. The monoisotopic (exact) mass is 258 g/mol. The Bertz CT molecular complexity index is 516. The fraction of sp³-hybridized carbons (Fsp3) is 0.455. The summed E-state index contributed by atoms with van der Waals surface area (Å²) in [6.45, 7) is 0. The molecule has 0 radical (unpaired) electrons. The molecule has 5 heteroatoms. The van der Waals surface area contributed by atoms with Gasteiger partial charge in [0, 0.05) is 0 Å². The van der Waals surface area contributed by atoms with Crippen molar-refractivity contribution in [2.24, 2.45) is 0 Å². The second-order valence-corrected chi connectivity index (χ2v) is 6.89. The molecule has 1 aliphatic carbocycles. The molecule has 2 fully saturated rings. The molecule has 3 atom stereocenters. The topological polar surface area (TPSA) is 46.7 Å². The molecule has 1 aliphatic heterocycles. The Hall–Kier alpha value is -0.580. The third-order valence-corrected chi connectivity index (χ3v) is 5.93. The van der Waals surface area contributed by atoms with Gasteiger partial charge < -0.3 is 4.74 Å². The van der Waals surface area contributed by atoms with E-state index in [0.717, 1.165) is 0 Å². The summed E-state index contributed by atoms with van der Waals surface area (Å²) in [5, 5.41) is -0.0138. The average molecular weight is 259 g/mol. The Balaban J connectivity index is 1.96. The first kappa shape index (κ1) is 10.6. The van der Waals surface area contributed by atoms with E-state index in [4.69, 9.17) is 16.3 Å². The Kier molecular flexibility index (Phi) is 2.28. The van der Waals surface area contributed by atoms with Crippen LogP contribution in [0, 0.1) is 0 Å². The van der Waals surface area contributed by atoms with Gasteiger partial charge in [0.2, 0.25) is 0 Å². The van der Waals surface area contributed by atoms with Gasteiger partial charge in [-0.25, -0.2) is 8.42 Å². The van der Waals surface area contributed by atoms with Crippen molar-refractivity contribution in [1.82, 2.24) is 0 Å². The molecule has 0 N–H and O–H groups in total. The van der Waals surface area contributed by atoms with E-state index in [2.05, 4.69) is 0 Å². The van der Waals surface area contributed by atoms with Crippen LogP contribution in [0.2, 0.25) is 5.02 Å². The summed E-state index contributed by atoms with van der Waals surface area (Å²) >= 11 is 5.92. The fourth-order valence-electron chi connectivity index (χ4n) is 2.32. The van der Waals surface area contributed by atoms with Gasteiger partial charge in [0.15, 0.2) is 9.84 Å². The maximum Gasteiger partial charge on any atom is 0.182 e. The summed E-state index contributed by atoms with van der Waals surface area (Å²) < 4.78 is 29.8. The Morgan fingerprint density at radius 1 is 1.19 bits per heavy atom. The van der Waals surface area contributed by atoms with Crippen LogP contribution in [0.3, 0.4) is 0 Å². The number of rotatable bonds is 2. The largest absolute Gasteiger partial charge is 0.369 e. The molecule has 3 rings (SSSR count). The van der Waals surface area contributed by atoms with Crippen LogP contribution in [0.4, 0.5) is 0 Å². The first-order chi connectivity index (χ1) is 7.59. The van der Waals surface area contributed by atoms with Gasteiger partial charge in [0.05, 0.1) is 27.4 Å². The molecule has 3 nitrogen and oxygen atoms in total. The van der Waals surface area contributed by atoms with Crippen LogP contribution in [0.1, 0.15) is 12.8 Å². The maximum absolute atomic E-state index is 12.3. The average Bonchev–Trinajstić information content (AvgIpc) is 2.86. The van der Waals surface area contributed by atoms with Crippen LogP contribution in [0.25, 0.3) is 0 Å². The lowest BCUT2D eigenvalue weighted by molar-refractivity contribution is 0.322. The summed E-state index contributed by atoms with van der Waals surface area (Å²) in [6.07, 6.45) is 1.56. The van der Waals surface area contributed by atoms with Gasteiger partial charge in [-0.3, -0.25) is 0 Å². The van der Waals surface area contributed by atoms with E-state index in [1.54, 1.807) is 24.3 Å². The smallest absolute Gasteiger partial charge is 0.182 e. The van der Waals surface area contributed by atoms with Gasteiger partial charge in [-0.05, 0) is 25.0 Å². The van der Waals surface area contributed by atoms with E-state index in [-0.39, 0.29) is 22.4 Å². The Morgan fingerprint density at radius 2 is 1.81 bits per heavy atom. The van der Waals surface area contributed by atoms with Gasteiger partial charge in [-0.15, -0.1) is 0 Å². The summed E-state index contributed by atoms with van der Waals surface area (Å²) in [5.74, 6) is 0. The lowest BCUT2D eigenvalue weighted by atomic mass is 10.3. The van der Waals surface area contributed by atoms with Crippen molar-refractivity contribution in [2.75, 3.05) is 0 Å². The second kappa shape index (κ2) is 3.45. The first-order valence-electron chi connectivity index (χ1n) is 5.23. The standard InChI is InChI=1S/C11H11ClO3S/c12-8-3-1-2-4-11(8)16(13,14)7-5-9-10(6-7)15-9/h1-4,7,9-10H,5-6H2/t7?,9-,10+. The molecule has 1 saturated heterocycles. The molecule has 1 unspecified atom stereocenters. The molecule has 0 spiro atoms. The number of sulfone groups is 1. The number of epoxide rings is 1. The molecule has 0 amide bonds. The van der Waals surface area contributed by atoms with E-state index >= 15 is 0 Å². The highest BCUT2D eigenvalue weighted by molar-refractivity contribution is 7.92. The van der Waals surface area contributed by atoms with Gasteiger partial charge in [0.1, 0.15) is 0 Å². The van der Waals surface area contributed by atoms with E-state index < -0.39 is 9.84 Å². The predicted molar refractivity (Wildman–Crippen MR) is 60.3 cm³/mol. The quantitative estimate of drug-likeness (QED) is 0.763. The minimum atomic E-state index is -3.28. The van der Waals surface area contributed by atoms with Crippen molar-refractivity contribution >= 4 is 21.4 Å². The maximum atomic E-state index is 12.3. The molecule has 1 aromatic carbocycles. The minimum absolute atomic E-state index is 0.169. The summed E-state index contributed by atoms with van der Waals surface area (Å²) in [7, 11) is -3.28. The van der Waals surface area contributed by atoms with Crippen molar-refractivity contribution in [3.63, 3.8) is 0 Å². The highest BCUT2D eigenvalue weighted by atomic mass is 35.5. The Morgan fingerprint density at radius 3 is 2.44 bits per heavy atom. The van der Waals surface area contributed by atoms with Crippen LogP contribution >= 0.6 is 11.6 Å². The molecule has 0 aromatic heterocycles. The fourth-order valence-corrected chi connectivity index (χ4v) is 4.63. The van der Waals surface area contributed by atoms with E-state index in [9.17, 15) is 8.42 Å². The minimum Gasteiger partial charge on any atom is -0.369 e. The van der Waals surface area contributed by atoms with Crippen LogP contribution < -0.4 is 0 Å². The molecule has 16 heavy (non-hydrogen) atoms. The highest BCUT2D eigenvalue weighted by Crippen LogP contribution is 2.43. The molecular weight excluding hydrogens is 248 g/mol. The summed E-state index contributed by atoms with van der Waals surface area (Å²) in [5.41, 5.74) is 0. The normalized spacial score (nSPS) is 32.4. The third-order valence-electron chi connectivity index (χ3n) is 3.26. The van der Waals surface area contributed by atoms with Gasteiger partial charge >= 0.3 is 0 Å². The second-order valence-electron chi connectivity index (χ2n) is 4.28. The number of hydrogen-bond donors (Lipinski definition) is 0. The molecule has 1 saturated carbocycles. The lowest BCUT2D eigenvalue weighted by Gasteiger charge is -2.13. The van der Waals surface area contributed by atoms with Crippen LogP contribution in [-0.2, 0) is 14.6 Å². The van der Waals surface area contributed by atoms with Crippen molar-refractivity contribution in [1.29, 1.82) is 0 Å². The molecular formula is C11H11ClO3S. The highest BCUT2D eigenvalue weighted by Gasteiger charge is 2.52. The number of halogens is 1. The van der Waals surface area contributed by atoms with Crippen molar-refractivity contribution in [2.45, 2.75) is 35.2 Å². The number of ether oxygens (including phenoxy) is 1. The molecule has 0 bridgehead atoms. The summed E-state index contributed by atoms with van der Waals surface area (Å²) in [6, 6.07) is 6.62. The van der Waals surface area contributed by atoms with Crippen LogP contribution in [-0.4, -0.2) is 25.9 Å². The SMILES string of the molecule is O=S(=O)(c1ccccc1Cl)C1C[C@@H]2O[C@@H]2C1.